The molecule has 0 heterocycles. The van der Waals surface area contributed by atoms with Crippen molar-refractivity contribution in [1.82, 2.24) is 0 Å². The lowest BCUT2D eigenvalue weighted by atomic mass is 10.0. The van der Waals surface area contributed by atoms with Gasteiger partial charge in [-0.1, -0.05) is 34.1 Å². The molecule has 0 N–H and O–H groups in total. The van der Waals surface area contributed by atoms with Crippen LogP contribution in [0.15, 0.2) is 34.8 Å². The van der Waals surface area contributed by atoms with Gasteiger partial charge in [-0.15, -0.1) is 0 Å². The fourth-order valence-electron chi connectivity index (χ4n) is 1.62. The molecule has 0 amide bonds. The molecule has 2 aromatic rings. The second-order valence-corrected chi connectivity index (χ2v) is 4.40. The number of ether oxygens (including phenoxy) is 1. The van der Waals surface area contributed by atoms with Crippen molar-refractivity contribution in [3.8, 4) is 0 Å². The normalized spacial score (nSPS) is 9.50. The predicted molar refractivity (Wildman–Crippen MR) is 75.4 cm³/mol. The van der Waals surface area contributed by atoms with Gasteiger partial charge in [-0.3, -0.25) is 9.59 Å². The number of fused-ring (bicyclic) bond motifs is 1. The van der Waals surface area contributed by atoms with Gasteiger partial charge in [0.25, 0.3) is 0 Å². The van der Waals surface area contributed by atoms with Crippen molar-refractivity contribution in [2.45, 2.75) is 0 Å². The molecule has 0 unspecified atom stereocenters. The molecule has 2 aromatic carbocycles. The van der Waals surface area contributed by atoms with E-state index in [-0.39, 0.29) is 0 Å². The third-order valence-electron chi connectivity index (χ3n) is 2.31. The number of hydrogen-bond acceptors (Lipinski definition) is 3. The lowest BCUT2D eigenvalue weighted by molar-refractivity contribution is 0.112. The molecule has 18 heavy (non-hydrogen) atoms. The summed E-state index contributed by atoms with van der Waals surface area (Å²) in [5.41, 5.74) is 1.08. The van der Waals surface area contributed by atoms with Gasteiger partial charge in [0.15, 0.2) is 12.6 Å². The van der Waals surface area contributed by atoms with Crippen LogP contribution in [0.4, 0.5) is 0 Å². The van der Waals surface area contributed by atoms with Gasteiger partial charge in [0.2, 0.25) is 0 Å². The third kappa shape index (κ3) is 3.03. The lowest BCUT2D eigenvalue weighted by Crippen LogP contribution is -1.90. The zero-order chi connectivity index (χ0) is 13.5. The minimum absolute atomic E-state index is 0.538. The second-order valence-electron chi connectivity index (χ2n) is 3.55. The van der Waals surface area contributed by atoms with E-state index in [1.165, 1.54) is 0 Å². The number of rotatable bonds is 2. The van der Waals surface area contributed by atoms with E-state index in [4.69, 9.17) is 0 Å². The molecule has 0 bridgehead atoms. The van der Waals surface area contributed by atoms with Crippen LogP contribution in [0.3, 0.4) is 0 Å². The molecule has 0 atom stereocenters. The molecule has 3 nitrogen and oxygen atoms in total. The molecular weight excluding hydrogens is 296 g/mol. The Labute approximate surface area is 114 Å². The van der Waals surface area contributed by atoms with E-state index < -0.39 is 0 Å². The predicted octanol–water partition coefficient (Wildman–Crippen LogP) is 3.49. The standard InChI is InChI=1S/C12H7BrO2.C2H6O/c13-11-5-4-9(7-15)12-8(6-14)2-1-3-10(11)12;1-3-2/h1-7H;1-2H3. The van der Waals surface area contributed by atoms with Crippen LogP contribution in [0.5, 0.6) is 0 Å². The highest BCUT2D eigenvalue weighted by atomic mass is 79.9. The summed E-state index contributed by atoms with van der Waals surface area (Å²) < 4.78 is 5.13. The summed E-state index contributed by atoms with van der Waals surface area (Å²) >= 11 is 3.39. The lowest BCUT2D eigenvalue weighted by Gasteiger charge is -2.05. The summed E-state index contributed by atoms with van der Waals surface area (Å²) in [7, 11) is 3.25. The Morgan fingerprint density at radius 3 is 2.11 bits per heavy atom. The van der Waals surface area contributed by atoms with Crippen LogP contribution in [0.25, 0.3) is 10.8 Å². The highest BCUT2D eigenvalue weighted by Crippen LogP contribution is 2.28. The minimum Gasteiger partial charge on any atom is -0.388 e. The zero-order valence-corrected chi connectivity index (χ0v) is 11.7. The molecule has 0 aliphatic rings. The number of benzene rings is 2. The first-order chi connectivity index (χ1) is 8.69. The summed E-state index contributed by atoms with van der Waals surface area (Å²) in [5, 5.41) is 1.58. The average molecular weight is 309 g/mol. The van der Waals surface area contributed by atoms with Gasteiger partial charge in [0, 0.05) is 35.2 Å². The van der Waals surface area contributed by atoms with Gasteiger partial charge >= 0.3 is 0 Å². The quantitative estimate of drug-likeness (QED) is 0.798. The summed E-state index contributed by atoms with van der Waals surface area (Å²) in [4.78, 5) is 21.7. The molecule has 0 aromatic heterocycles. The van der Waals surface area contributed by atoms with Crippen molar-refractivity contribution in [2.24, 2.45) is 0 Å². The number of aldehydes is 2. The fourth-order valence-corrected chi connectivity index (χ4v) is 2.09. The summed E-state index contributed by atoms with van der Waals surface area (Å²) in [6.07, 6.45) is 1.53. The Kier molecular flexibility index (Phi) is 5.68. The van der Waals surface area contributed by atoms with Gasteiger partial charge in [-0.2, -0.15) is 0 Å². The SMILES string of the molecule is COC.O=Cc1cccc2c(Br)ccc(C=O)c12. The second kappa shape index (κ2) is 7.03. The van der Waals surface area contributed by atoms with Crippen molar-refractivity contribution in [2.75, 3.05) is 14.2 Å². The monoisotopic (exact) mass is 308 g/mol. The third-order valence-corrected chi connectivity index (χ3v) is 3.00. The first kappa shape index (κ1) is 14.5. The van der Waals surface area contributed by atoms with Gasteiger partial charge in [-0.25, -0.2) is 0 Å². The molecule has 0 spiro atoms. The van der Waals surface area contributed by atoms with Crippen molar-refractivity contribution in [3.05, 3.63) is 45.9 Å². The minimum atomic E-state index is 0.538. The summed E-state index contributed by atoms with van der Waals surface area (Å²) in [6, 6.07) is 8.88. The van der Waals surface area contributed by atoms with Crippen LogP contribution in [0.1, 0.15) is 20.7 Å². The Hall–Kier alpha value is -1.52. The van der Waals surface area contributed by atoms with Gasteiger partial charge in [0.1, 0.15) is 0 Å². The molecule has 0 fully saturated rings. The first-order valence-corrected chi connectivity index (χ1v) is 6.00. The maximum atomic E-state index is 10.9. The van der Waals surface area contributed by atoms with Crippen LogP contribution < -0.4 is 0 Å². The largest absolute Gasteiger partial charge is 0.388 e. The van der Waals surface area contributed by atoms with Crippen molar-refractivity contribution < 1.29 is 14.3 Å². The van der Waals surface area contributed by atoms with Gasteiger partial charge < -0.3 is 4.74 Å². The van der Waals surface area contributed by atoms with E-state index in [0.717, 1.165) is 22.4 Å². The summed E-state index contributed by atoms with van der Waals surface area (Å²) in [6.45, 7) is 0. The summed E-state index contributed by atoms with van der Waals surface area (Å²) in [5.74, 6) is 0. The number of halogens is 1. The molecule has 0 aliphatic carbocycles. The van der Waals surface area contributed by atoms with Gasteiger partial charge in [0.05, 0.1) is 0 Å². The molecule has 4 heteroatoms. The smallest absolute Gasteiger partial charge is 0.150 e. The van der Waals surface area contributed by atoms with Crippen LogP contribution in [-0.2, 0) is 4.74 Å². The Morgan fingerprint density at radius 2 is 1.56 bits per heavy atom. The van der Waals surface area contributed by atoms with E-state index in [0.29, 0.717) is 16.5 Å². The number of carbonyl (C=O) groups excluding carboxylic acids is 2. The van der Waals surface area contributed by atoms with Crippen molar-refractivity contribution in [3.63, 3.8) is 0 Å². The Bertz CT molecular complexity index is 550. The van der Waals surface area contributed by atoms with Crippen LogP contribution in [-0.4, -0.2) is 26.8 Å². The molecule has 2 rings (SSSR count). The molecule has 0 aliphatic heterocycles. The highest BCUT2D eigenvalue weighted by molar-refractivity contribution is 9.10. The maximum Gasteiger partial charge on any atom is 0.150 e. The van der Waals surface area contributed by atoms with Crippen LogP contribution in [0.2, 0.25) is 0 Å². The molecular formula is C14H13BrO3. The first-order valence-electron chi connectivity index (χ1n) is 5.21. The molecule has 94 valence electrons. The van der Waals surface area contributed by atoms with Gasteiger partial charge in [-0.05, 0) is 17.5 Å². The number of hydrogen-bond donors (Lipinski definition) is 0. The average Bonchev–Trinajstić information content (AvgIpc) is 2.40. The van der Waals surface area contributed by atoms with Crippen LogP contribution in [0, 0.1) is 0 Å². The maximum absolute atomic E-state index is 10.9. The zero-order valence-electron chi connectivity index (χ0n) is 10.1. The molecule has 0 saturated heterocycles. The number of carbonyl (C=O) groups is 2. The fraction of sp³-hybridized carbons (Fsp3) is 0.143. The van der Waals surface area contributed by atoms with E-state index >= 15 is 0 Å². The highest BCUT2D eigenvalue weighted by Gasteiger charge is 2.07. The van der Waals surface area contributed by atoms with E-state index in [2.05, 4.69) is 20.7 Å². The van der Waals surface area contributed by atoms with E-state index in [9.17, 15) is 9.59 Å². The van der Waals surface area contributed by atoms with Crippen LogP contribution >= 0.6 is 15.9 Å². The van der Waals surface area contributed by atoms with Crippen molar-refractivity contribution in [1.29, 1.82) is 0 Å². The van der Waals surface area contributed by atoms with E-state index in [1.807, 2.05) is 6.07 Å². The Morgan fingerprint density at radius 1 is 1.00 bits per heavy atom. The van der Waals surface area contributed by atoms with E-state index in [1.54, 1.807) is 38.5 Å². The Balaban J connectivity index is 0.000000492. The van der Waals surface area contributed by atoms with Crippen molar-refractivity contribution >= 4 is 39.3 Å². The molecule has 0 saturated carbocycles. The number of methoxy groups -OCH3 is 1. The topological polar surface area (TPSA) is 43.4 Å². The molecule has 0 radical (unpaired) electrons.